The molecule has 1 aliphatic carbocycles. The standard InChI is InChI=1S/C14H19ClO2/c1-17-13-7-6-11(15)10-12(13)14(16)8-4-2-3-5-9-14/h6-7,10,16H,2-5,8-9H2,1H3. The zero-order valence-electron chi connectivity index (χ0n) is 10.2. The van der Waals surface area contributed by atoms with Crippen molar-refractivity contribution >= 4 is 11.6 Å². The summed E-state index contributed by atoms with van der Waals surface area (Å²) in [5, 5.41) is 11.5. The van der Waals surface area contributed by atoms with Gasteiger partial charge in [0.2, 0.25) is 0 Å². The van der Waals surface area contributed by atoms with Crippen molar-refractivity contribution in [2.24, 2.45) is 0 Å². The monoisotopic (exact) mass is 254 g/mol. The van der Waals surface area contributed by atoms with Crippen LogP contribution in [0.3, 0.4) is 0 Å². The predicted molar refractivity (Wildman–Crippen MR) is 69.6 cm³/mol. The highest BCUT2D eigenvalue weighted by Gasteiger charge is 2.32. The maximum Gasteiger partial charge on any atom is 0.125 e. The van der Waals surface area contributed by atoms with Crippen LogP contribution < -0.4 is 4.74 Å². The maximum atomic E-state index is 10.8. The quantitative estimate of drug-likeness (QED) is 0.812. The minimum atomic E-state index is -0.771. The SMILES string of the molecule is COc1ccc(Cl)cc1C1(O)CCCCCC1. The summed E-state index contributed by atoms with van der Waals surface area (Å²) >= 11 is 6.03. The van der Waals surface area contributed by atoms with Gasteiger partial charge in [-0.2, -0.15) is 0 Å². The van der Waals surface area contributed by atoms with E-state index in [0.29, 0.717) is 5.02 Å². The molecule has 2 rings (SSSR count). The third-order valence-electron chi connectivity index (χ3n) is 3.59. The Kier molecular flexibility index (Phi) is 3.95. The molecule has 0 radical (unpaired) electrons. The van der Waals surface area contributed by atoms with E-state index in [0.717, 1.165) is 37.0 Å². The molecule has 0 aromatic heterocycles. The van der Waals surface area contributed by atoms with Crippen LogP contribution in [0.15, 0.2) is 18.2 Å². The summed E-state index contributed by atoms with van der Waals surface area (Å²) < 4.78 is 5.34. The summed E-state index contributed by atoms with van der Waals surface area (Å²) in [4.78, 5) is 0. The Morgan fingerprint density at radius 2 is 1.82 bits per heavy atom. The fourth-order valence-electron chi connectivity index (χ4n) is 2.63. The van der Waals surface area contributed by atoms with Crippen molar-refractivity contribution in [2.75, 3.05) is 7.11 Å². The molecule has 1 N–H and O–H groups in total. The first kappa shape index (κ1) is 12.7. The Morgan fingerprint density at radius 3 is 2.41 bits per heavy atom. The van der Waals surface area contributed by atoms with Crippen LogP contribution in [0, 0.1) is 0 Å². The smallest absolute Gasteiger partial charge is 0.125 e. The topological polar surface area (TPSA) is 29.5 Å². The first-order valence-corrected chi connectivity index (χ1v) is 6.60. The zero-order valence-corrected chi connectivity index (χ0v) is 11.0. The number of methoxy groups -OCH3 is 1. The average Bonchev–Trinajstić information content (AvgIpc) is 2.55. The van der Waals surface area contributed by atoms with Crippen LogP contribution in [0.2, 0.25) is 5.02 Å². The summed E-state index contributed by atoms with van der Waals surface area (Å²) in [6, 6.07) is 5.47. The van der Waals surface area contributed by atoms with Crippen molar-refractivity contribution in [1.29, 1.82) is 0 Å². The summed E-state index contributed by atoms with van der Waals surface area (Å²) in [6.07, 6.45) is 6.11. The lowest BCUT2D eigenvalue weighted by Gasteiger charge is -2.29. The first-order chi connectivity index (χ1) is 8.15. The van der Waals surface area contributed by atoms with Gasteiger partial charge < -0.3 is 9.84 Å². The summed E-state index contributed by atoms with van der Waals surface area (Å²) in [6.45, 7) is 0. The third kappa shape index (κ3) is 2.75. The molecule has 0 aliphatic heterocycles. The first-order valence-electron chi connectivity index (χ1n) is 6.22. The number of halogens is 1. The highest BCUT2D eigenvalue weighted by Crippen LogP contribution is 2.41. The molecule has 2 nitrogen and oxygen atoms in total. The van der Waals surface area contributed by atoms with Crippen LogP contribution in [0.25, 0.3) is 0 Å². The highest BCUT2D eigenvalue weighted by molar-refractivity contribution is 6.30. The lowest BCUT2D eigenvalue weighted by atomic mass is 9.86. The molecule has 1 fully saturated rings. The number of hydrogen-bond acceptors (Lipinski definition) is 2. The average molecular weight is 255 g/mol. The summed E-state index contributed by atoms with van der Waals surface area (Å²) in [7, 11) is 1.63. The van der Waals surface area contributed by atoms with Crippen LogP contribution in [0.5, 0.6) is 5.75 Å². The third-order valence-corrected chi connectivity index (χ3v) is 3.83. The number of hydrogen-bond donors (Lipinski definition) is 1. The van der Waals surface area contributed by atoms with E-state index in [2.05, 4.69) is 0 Å². The highest BCUT2D eigenvalue weighted by atomic mass is 35.5. The molecule has 0 amide bonds. The van der Waals surface area contributed by atoms with Gasteiger partial charge in [-0.15, -0.1) is 0 Å². The summed E-state index contributed by atoms with van der Waals surface area (Å²) in [5.41, 5.74) is 0.0709. The van der Waals surface area contributed by atoms with Gasteiger partial charge in [-0.3, -0.25) is 0 Å². The number of rotatable bonds is 2. The van der Waals surface area contributed by atoms with Crippen molar-refractivity contribution in [3.8, 4) is 5.75 Å². The van der Waals surface area contributed by atoms with Gasteiger partial charge in [0, 0.05) is 10.6 Å². The second kappa shape index (κ2) is 5.28. The molecule has 1 aromatic carbocycles. The molecule has 94 valence electrons. The fourth-order valence-corrected chi connectivity index (χ4v) is 2.80. The van der Waals surface area contributed by atoms with Crippen molar-refractivity contribution in [3.63, 3.8) is 0 Å². The number of ether oxygens (including phenoxy) is 1. The molecule has 0 spiro atoms. The van der Waals surface area contributed by atoms with E-state index in [1.54, 1.807) is 13.2 Å². The molecule has 0 heterocycles. The molecular formula is C14H19ClO2. The van der Waals surface area contributed by atoms with Gasteiger partial charge in [0.1, 0.15) is 5.75 Å². The fraction of sp³-hybridized carbons (Fsp3) is 0.571. The zero-order chi connectivity index (χ0) is 12.3. The van der Waals surface area contributed by atoms with Crippen molar-refractivity contribution in [1.82, 2.24) is 0 Å². The Labute approximate surface area is 108 Å². The van der Waals surface area contributed by atoms with Crippen LogP contribution in [-0.2, 0) is 5.60 Å². The van der Waals surface area contributed by atoms with Gasteiger partial charge in [0.05, 0.1) is 12.7 Å². The van der Waals surface area contributed by atoms with Gasteiger partial charge in [0.15, 0.2) is 0 Å². The van der Waals surface area contributed by atoms with Crippen molar-refractivity contribution < 1.29 is 9.84 Å². The molecule has 0 saturated heterocycles. The molecule has 0 bridgehead atoms. The van der Waals surface area contributed by atoms with Crippen LogP contribution in [0.1, 0.15) is 44.1 Å². The van der Waals surface area contributed by atoms with Gasteiger partial charge in [-0.1, -0.05) is 37.3 Å². The Bertz CT molecular complexity index is 382. The second-order valence-electron chi connectivity index (χ2n) is 4.79. The van der Waals surface area contributed by atoms with Gasteiger partial charge in [-0.05, 0) is 31.0 Å². The van der Waals surface area contributed by atoms with Crippen LogP contribution in [0.4, 0.5) is 0 Å². The van der Waals surface area contributed by atoms with E-state index in [-0.39, 0.29) is 0 Å². The normalized spacial score (nSPS) is 19.7. The molecule has 1 saturated carbocycles. The second-order valence-corrected chi connectivity index (χ2v) is 5.23. The van der Waals surface area contributed by atoms with E-state index in [1.165, 1.54) is 12.8 Å². The van der Waals surface area contributed by atoms with Crippen LogP contribution in [-0.4, -0.2) is 12.2 Å². The van der Waals surface area contributed by atoms with Gasteiger partial charge in [-0.25, -0.2) is 0 Å². The van der Waals surface area contributed by atoms with E-state index < -0.39 is 5.60 Å². The number of aliphatic hydroxyl groups is 1. The van der Waals surface area contributed by atoms with E-state index in [1.807, 2.05) is 12.1 Å². The Balaban J connectivity index is 2.38. The molecule has 3 heteroatoms. The van der Waals surface area contributed by atoms with E-state index >= 15 is 0 Å². The summed E-state index contributed by atoms with van der Waals surface area (Å²) in [5.74, 6) is 0.735. The lowest BCUT2D eigenvalue weighted by Crippen LogP contribution is -2.25. The Hall–Kier alpha value is -0.730. The molecular weight excluding hydrogens is 236 g/mol. The number of benzene rings is 1. The van der Waals surface area contributed by atoms with E-state index in [4.69, 9.17) is 16.3 Å². The molecule has 0 atom stereocenters. The molecule has 17 heavy (non-hydrogen) atoms. The van der Waals surface area contributed by atoms with Crippen LogP contribution >= 0.6 is 11.6 Å². The van der Waals surface area contributed by atoms with Crippen molar-refractivity contribution in [2.45, 2.75) is 44.1 Å². The lowest BCUT2D eigenvalue weighted by molar-refractivity contribution is 0.0185. The van der Waals surface area contributed by atoms with Gasteiger partial charge in [0.25, 0.3) is 0 Å². The molecule has 1 aromatic rings. The van der Waals surface area contributed by atoms with Gasteiger partial charge >= 0.3 is 0 Å². The maximum absolute atomic E-state index is 10.8. The van der Waals surface area contributed by atoms with E-state index in [9.17, 15) is 5.11 Å². The minimum absolute atomic E-state index is 0.651. The van der Waals surface area contributed by atoms with Crippen molar-refractivity contribution in [3.05, 3.63) is 28.8 Å². The predicted octanol–water partition coefficient (Wildman–Crippen LogP) is 3.89. The largest absolute Gasteiger partial charge is 0.496 e. The minimum Gasteiger partial charge on any atom is -0.496 e. The molecule has 0 unspecified atom stereocenters. The molecule has 1 aliphatic rings. The Morgan fingerprint density at radius 1 is 1.18 bits per heavy atom.